The molecule has 0 saturated carbocycles. The molecule has 1 fully saturated rings. The number of anilines is 1. The summed E-state index contributed by atoms with van der Waals surface area (Å²) in [6.45, 7) is 8.81. The first-order chi connectivity index (χ1) is 15.0. The molecule has 31 heavy (non-hydrogen) atoms. The fourth-order valence-electron chi connectivity index (χ4n) is 5.35. The van der Waals surface area contributed by atoms with Gasteiger partial charge < -0.3 is 19.7 Å². The van der Waals surface area contributed by atoms with Crippen molar-refractivity contribution in [3.63, 3.8) is 0 Å². The summed E-state index contributed by atoms with van der Waals surface area (Å²) in [4.78, 5) is 7.70. The Hall–Kier alpha value is -2.27. The molecule has 0 atom stereocenters. The van der Waals surface area contributed by atoms with E-state index in [4.69, 9.17) is 14.5 Å². The summed E-state index contributed by atoms with van der Waals surface area (Å²) >= 11 is 0. The lowest BCUT2D eigenvalue weighted by Gasteiger charge is -2.19. The molecule has 5 nitrogen and oxygen atoms in total. The van der Waals surface area contributed by atoms with E-state index in [1.165, 1.54) is 54.9 Å². The lowest BCUT2D eigenvalue weighted by Crippen LogP contribution is -2.27. The van der Waals surface area contributed by atoms with Crippen molar-refractivity contribution in [3.8, 4) is 11.5 Å². The number of methoxy groups -OCH3 is 1. The molecule has 3 heterocycles. The summed E-state index contributed by atoms with van der Waals surface area (Å²) in [5.41, 5.74) is 6.18. The van der Waals surface area contributed by atoms with Crippen molar-refractivity contribution >= 4 is 22.2 Å². The van der Waals surface area contributed by atoms with E-state index in [2.05, 4.69) is 42.3 Å². The van der Waals surface area contributed by atoms with Gasteiger partial charge in [-0.05, 0) is 83.5 Å². The van der Waals surface area contributed by atoms with E-state index in [0.29, 0.717) is 6.61 Å². The van der Waals surface area contributed by atoms with Crippen LogP contribution in [0.2, 0.25) is 0 Å². The van der Waals surface area contributed by atoms with Gasteiger partial charge in [0.2, 0.25) is 0 Å². The van der Waals surface area contributed by atoms with Crippen molar-refractivity contribution in [2.45, 2.75) is 64.3 Å². The van der Waals surface area contributed by atoms with Crippen molar-refractivity contribution in [3.05, 3.63) is 29.5 Å². The third-order valence-electron chi connectivity index (χ3n) is 6.87. The Morgan fingerprint density at radius 2 is 1.97 bits per heavy atom. The van der Waals surface area contributed by atoms with Crippen LogP contribution in [-0.4, -0.2) is 48.8 Å². The molecular weight excluding hydrogens is 386 g/mol. The fraction of sp³-hybridized carbons (Fsp3) is 0.577. The van der Waals surface area contributed by atoms with E-state index < -0.39 is 0 Å². The minimum Gasteiger partial charge on any atom is -0.493 e. The first-order valence-electron chi connectivity index (χ1n) is 11.9. The van der Waals surface area contributed by atoms with Crippen LogP contribution in [0.3, 0.4) is 0 Å². The highest BCUT2D eigenvalue weighted by Gasteiger charge is 2.33. The van der Waals surface area contributed by atoms with Crippen LogP contribution in [0.5, 0.6) is 11.5 Å². The van der Waals surface area contributed by atoms with Crippen LogP contribution in [0.25, 0.3) is 16.5 Å². The first kappa shape index (κ1) is 20.6. The molecule has 2 aliphatic heterocycles. The van der Waals surface area contributed by atoms with Crippen LogP contribution in [0.4, 0.5) is 5.69 Å². The Morgan fingerprint density at radius 3 is 2.71 bits per heavy atom. The number of allylic oxidation sites excluding steroid dienone is 2. The predicted octanol–water partition coefficient (Wildman–Crippen LogP) is 5.42. The Morgan fingerprint density at radius 1 is 1.13 bits per heavy atom. The number of nitrogens with zero attached hydrogens (tertiary/aromatic N) is 2. The number of benzene rings is 1. The quantitative estimate of drug-likeness (QED) is 0.605. The molecule has 5 rings (SSSR count). The van der Waals surface area contributed by atoms with Crippen molar-refractivity contribution in [2.24, 2.45) is 0 Å². The second kappa shape index (κ2) is 8.34. The zero-order valence-electron chi connectivity index (χ0n) is 19.2. The molecule has 0 unspecified atom stereocenters. The van der Waals surface area contributed by atoms with Crippen LogP contribution in [0, 0.1) is 0 Å². The maximum absolute atomic E-state index is 6.19. The average molecular weight is 422 g/mol. The predicted molar refractivity (Wildman–Crippen MR) is 127 cm³/mol. The van der Waals surface area contributed by atoms with Gasteiger partial charge in [-0.25, -0.2) is 4.98 Å². The van der Waals surface area contributed by atoms with Gasteiger partial charge in [-0.1, -0.05) is 6.08 Å². The summed E-state index contributed by atoms with van der Waals surface area (Å²) in [5, 5.41) is 4.89. The van der Waals surface area contributed by atoms with Gasteiger partial charge in [-0.2, -0.15) is 0 Å². The van der Waals surface area contributed by atoms with Gasteiger partial charge >= 0.3 is 0 Å². The molecule has 5 heteroatoms. The summed E-state index contributed by atoms with van der Waals surface area (Å²) in [6.07, 6.45) is 10.6. The van der Waals surface area contributed by atoms with E-state index in [1.54, 1.807) is 7.11 Å². The smallest absolute Gasteiger partial charge is 0.163 e. The summed E-state index contributed by atoms with van der Waals surface area (Å²) in [6, 6.07) is 4.19. The third-order valence-corrected chi connectivity index (χ3v) is 6.87. The molecule has 0 spiro atoms. The second-order valence-electron chi connectivity index (χ2n) is 9.89. The molecule has 1 aliphatic carbocycles. The van der Waals surface area contributed by atoms with Crippen LogP contribution < -0.4 is 14.8 Å². The first-order valence-corrected chi connectivity index (χ1v) is 11.9. The van der Waals surface area contributed by atoms with Crippen LogP contribution >= 0.6 is 0 Å². The highest BCUT2D eigenvalue weighted by Crippen LogP contribution is 2.45. The lowest BCUT2D eigenvalue weighted by molar-refractivity contribution is 0.254. The number of fused-ring (bicyclic) bond motifs is 3. The number of rotatable bonds is 7. The zero-order chi connectivity index (χ0) is 21.4. The van der Waals surface area contributed by atoms with Gasteiger partial charge in [0.25, 0.3) is 0 Å². The molecule has 166 valence electrons. The highest BCUT2D eigenvalue weighted by atomic mass is 16.5. The highest BCUT2D eigenvalue weighted by molar-refractivity contribution is 5.99. The van der Waals surface area contributed by atoms with E-state index in [9.17, 15) is 0 Å². The molecule has 0 amide bonds. The van der Waals surface area contributed by atoms with Gasteiger partial charge in [-0.15, -0.1) is 0 Å². The molecule has 0 radical (unpaired) electrons. The fourth-order valence-corrected chi connectivity index (χ4v) is 5.35. The molecule has 1 saturated heterocycles. The van der Waals surface area contributed by atoms with Crippen molar-refractivity contribution in [2.75, 3.05) is 38.7 Å². The number of likely N-dealkylation sites (tertiary alicyclic amines) is 1. The SMILES string of the molecule is COc1cc2c3c(c(C4=CCCC4)nc2cc1OCCCN1CCCC1)CC(C)(C)N3. The van der Waals surface area contributed by atoms with Crippen molar-refractivity contribution < 1.29 is 9.47 Å². The van der Waals surface area contributed by atoms with E-state index in [-0.39, 0.29) is 5.54 Å². The van der Waals surface area contributed by atoms with Crippen molar-refractivity contribution in [1.29, 1.82) is 0 Å². The maximum Gasteiger partial charge on any atom is 0.163 e. The topological polar surface area (TPSA) is 46.6 Å². The number of aromatic nitrogens is 1. The normalized spacial score (nSPS) is 20.0. The van der Waals surface area contributed by atoms with Crippen LogP contribution in [-0.2, 0) is 6.42 Å². The van der Waals surface area contributed by atoms with E-state index >= 15 is 0 Å². The molecular formula is C26H35N3O2. The van der Waals surface area contributed by atoms with Crippen molar-refractivity contribution in [1.82, 2.24) is 9.88 Å². The van der Waals surface area contributed by atoms with Crippen LogP contribution in [0.15, 0.2) is 18.2 Å². The van der Waals surface area contributed by atoms with Gasteiger partial charge in [0, 0.05) is 34.8 Å². The van der Waals surface area contributed by atoms with Gasteiger partial charge in [0.15, 0.2) is 11.5 Å². The maximum atomic E-state index is 6.19. The average Bonchev–Trinajstić information content (AvgIpc) is 3.50. The molecule has 2 aromatic rings. The summed E-state index contributed by atoms with van der Waals surface area (Å²) < 4.78 is 11.9. The lowest BCUT2D eigenvalue weighted by atomic mass is 9.95. The standard InChI is InChI=1S/C26H35N3O2/c1-26(2)17-20-24(18-9-4-5-10-18)27-21-16-23(22(30-3)15-19(21)25(20)28-26)31-14-8-13-29-11-6-7-12-29/h9,15-16,28H,4-8,10-14,17H2,1-3H3. The number of pyridine rings is 1. The summed E-state index contributed by atoms with van der Waals surface area (Å²) in [5.74, 6) is 1.59. The Balaban J connectivity index is 1.46. The molecule has 1 aromatic heterocycles. The Kier molecular flexibility index (Phi) is 5.55. The number of ether oxygens (including phenoxy) is 2. The van der Waals surface area contributed by atoms with E-state index in [1.807, 2.05) is 0 Å². The molecule has 3 aliphatic rings. The van der Waals surface area contributed by atoms with Gasteiger partial charge in [0.1, 0.15) is 0 Å². The third kappa shape index (κ3) is 4.12. The number of nitrogens with one attached hydrogen (secondary N) is 1. The Bertz CT molecular complexity index is 1010. The number of hydrogen-bond donors (Lipinski definition) is 1. The minimum absolute atomic E-state index is 0.0319. The minimum atomic E-state index is 0.0319. The molecule has 0 bridgehead atoms. The Labute approximate surface area is 185 Å². The zero-order valence-corrected chi connectivity index (χ0v) is 19.2. The monoisotopic (exact) mass is 421 g/mol. The van der Waals surface area contributed by atoms with Crippen LogP contribution in [0.1, 0.15) is 63.6 Å². The largest absolute Gasteiger partial charge is 0.493 e. The second-order valence-corrected chi connectivity index (χ2v) is 9.89. The number of hydrogen-bond acceptors (Lipinski definition) is 5. The van der Waals surface area contributed by atoms with E-state index in [0.717, 1.165) is 54.6 Å². The molecule has 1 N–H and O–H groups in total. The van der Waals surface area contributed by atoms with Gasteiger partial charge in [-0.3, -0.25) is 0 Å². The molecule has 1 aromatic carbocycles. The van der Waals surface area contributed by atoms with Gasteiger partial charge in [0.05, 0.1) is 24.9 Å². The summed E-state index contributed by atoms with van der Waals surface area (Å²) in [7, 11) is 1.72.